The minimum atomic E-state index is -0.662. The van der Waals surface area contributed by atoms with Crippen LogP contribution in [0.3, 0.4) is 0 Å². The Hall–Kier alpha value is -1.31. The van der Waals surface area contributed by atoms with E-state index in [-0.39, 0.29) is 5.92 Å². The van der Waals surface area contributed by atoms with Gasteiger partial charge in [0.15, 0.2) is 0 Å². The maximum Gasteiger partial charge on any atom is 0.306 e. The Kier molecular flexibility index (Phi) is 5.03. The number of hydrogen-bond acceptors (Lipinski definition) is 1. The van der Waals surface area contributed by atoms with Crippen molar-refractivity contribution in [3.05, 3.63) is 35.9 Å². The van der Waals surface area contributed by atoms with Crippen molar-refractivity contribution in [2.45, 2.75) is 33.1 Å². The number of benzene rings is 1. The van der Waals surface area contributed by atoms with Gasteiger partial charge in [0.25, 0.3) is 0 Å². The molecule has 0 amide bonds. The smallest absolute Gasteiger partial charge is 0.306 e. The van der Waals surface area contributed by atoms with Crippen LogP contribution in [0.5, 0.6) is 0 Å². The molecule has 1 N–H and O–H groups in total. The zero-order valence-electron chi connectivity index (χ0n) is 10.0. The summed E-state index contributed by atoms with van der Waals surface area (Å²) in [6.07, 6.45) is 2.35. The van der Waals surface area contributed by atoms with E-state index in [9.17, 15) is 4.79 Å². The Morgan fingerprint density at radius 3 is 2.38 bits per heavy atom. The summed E-state index contributed by atoms with van der Waals surface area (Å²) in [6.45, 7) is 4.14. The predicted octanol–water partition coefficient (Wildman–Crippen LogP) is 3.37. The van der Waals surface area contributed by atoms with Crippen LogP contribution in [0, 0.1) is 11.8 Å². The first-order valence-electron chi connectivity index (χ1n) is 5.86. The van der Waals surface area contributed by atoms with E-state index in [1.54, 1.807) is 0 Å². The molecule has 0 aliphatic carbocycles. The summed E-state index contributed by atoms with van der Waals surface area (Å²) >= 11 is 0. The first kappa shape index (κ1) is 12.8. The predicted molar refractivity (Wildman–Crippen MR) is 65.3 cm³/mol. The second-order valence-corrected chi connectivity index (χ2v) is 4.69. The van der Waals surface area contributed by atoms with Gasteiger partial charge in [-0.2, -0.15) is 0 Å². The third-order valence-electron chi connectivity index (χ3n) is 2.73. The van der Waals surface area contributed by atoms with Crippen LogP contribution >= 0.6 is 0 Å². The molecule has 2 heteroatoms. The molecule has 0 spiro atoms. The molecule has 0 unspecified atom stereocenters. The second-order valence-electron chi connectivity index (χ2n) is 4.69. The first-order chi connectivity index (χ1) is 7.59. The van der Waals surface area contributed by atoms with Crippen molar-refractivity contribution in [2.75, 3.05) is 0 Å². The monoisotopic (exact) mass is 220 g/mol. The van der Waals surface area contributed by atoms with Crippen LogP contribution in [0.2, 0.25) is 0 Å². The van der Waals surface area contributed by atoms with Crippen LogP contribution in [0.1, 0.15) is 32.3 Å². The van der Waals surface area contributed by atoms with Crippen molar-refractivity contribution in [2.24, 2.45) is 11.8 Å². The molecule has 0 bridgehead atoms. The molecule has 1 rings (SSSR count). The molecular weight excluding hydrogens is 200 g/mol. The van der Waals surface area contributed by atoms with Crippen molar-refractivity contribution in [1.29, 1.82) is 0 Å². The van der Waals surface area contributed by atoms with E-state index >= 15 is 0 Å². The van der Waals surface area contributed by atoms with Crippen molar-refractivity contribution in [1.82, 2.24) is 0 Å². The molecule has 0 saturated heterocycles. The van der Waals surface area contributed by atoms with Gasteiger partial charge in [0.2, 0.25) is 0 Å². The first-order valence-corrected chi connectivity index (χ1v) is 5.86. The molecule has 1 atom stereocenters. The number of carboxylic acids is 1. The van der Waals surface area contributed by atoms with E-state index in [4.69, 9.17) is 5.11 Å². The standard InChI is InChI=1S/C14H20O2/c1-11(2)10-13(14(15)16)9-8-12-6-4-3-5-7-12/h3-7,11,13H,8-10H2,1-2H3,(H,15,16)/t13-/m0/s1. The van der Waals surface area contributed by atoms with Gasteiger partial charge in [0.1, 0.15) is 0 Å². The summed E-state index contributed by atoms with van der Waals surface area (Å²) in [5, 5.41) is 9.10. The summed E-state index contributed by atoms with van der Waals surface area (Å²) in [5.41, 5.74) is 1.22. The maximum atomic E-state index is 11.1. The van der Waals surface area contributed by atoms with Crippen LogP contribution in [0.15, 0.2) is 30.3 Å². The lowest BCUT2D eigenvalue weighted by atomic mass is 9.91. The number of rotatable bonds is 6. The van der Waals surface area contributed by atoms with E-state index < -0.39 is 5.97 Å². The molecule has 0 aromatic heterocycles. The summed E-state index contributed by atoms with van der Waals surface area (Å²) in [7, 11) is 0. The lowest BCUT2D eigenvalue weighted by Gasteiger charge is -2.14. The normalized spacial score (nSPS) is 12.7. The van der Waals surface area contributed by atoms with Gasteiger partial charge in [-0.1, -0.05) is 44.2 Å². The average Bonchev–Trinajstić information content (AvgIpc) is 2.25. The van der Waals surface area contributed by atoms with E-state index in [0.29, 0.717) is 5.92 Å². The fourth-order valence-electron chi connectivity index (χ4n) is 1.90. The van der Waals surface area contributed by atoms with E-state index in [1.165, 1.54) is 5.56 Å². The number of hydrogen-bond donors (Lipinski definition) is 1. The number of carboxylic acid groups (broad SMARTS) is 1. The van der Waals surface area contributed by atoms with E-state index in [1.807, 2.05) is 30.3 Å². The highest BCUT2D eigenvalue weighted by molar-refractivity contribution is 5.69. The molecule has 0 radical (unpaired) electrons. The van der Waals surface area contributed by atoms with Crippen molar-refractivity contribution < 1.29 is 9.90 Å². The molecule has 0 heterocycles. The van der Waals surface area contributed by atoms with E-state index in [0.717, 1.165) is 19.3 Å². The Morgan fingerprint density at radius 1 is 1.25 bits per heavy atom. The van der Waals surface area contributed by atoms with Crippen molar-refractivity contribution in [3.8, 4) is 0 Å². The summed E-state index contributed by atoms with van der Waals surface area (Å²) in [4.78, 5) is 11.1. The van der Waals surface area contributed by atoms with Crippen LogP contribution in [-0.2, 0) is 11.2 Å². The van der Waals surface area contributed by atoms with Gasteiger partial charge in [-0.3, -0.25) is 4.79 Å². The summed E-state index contributed by atoms with van der Waals surface area (Å²) < 4.78 is 0. The largest absolute Gasteiger partial charge is 0.481 e. The Bertz CT molecular complexity index is 317. The average molecular weight is 220 g/mol. The molecule has 0 fully saturated rings. The van der Waals surface area contributed by atoms with Crippen molar-refractivity contribution >= 4 is 5.97 Å². The minimum Gasteiger partial charge on any atom is -0.481 e. The fourth-order valence-corrected chi connectivity index (χ4v) is 1.90. The molecule has 1 aromatic rings. The topological polar surface area (TPSA) is 37.3 Å². The van der Waals surface area contributed by atoms with E-state index in [2.05, 4.69) is 13.8 Å². The lowest BCUT2D eigenvalue weighted by Crippen LogP contribution is -2.16. The Labute approximate surface area is 97.3 Å². The summed E-state index contributed by atoms with van der Waals surface area (Å²) in [5.74, 6) is -0.429. The molecule has 0 aliphatic heterocycles. The molecule has 16 heavy (non-hydrogen) atoms. The highest BCUT2D eigenvalue weighted by atomic mass is 16.4. The molecule has 88 valence electrons. The zero-order valence-corrected chi connectivity index (χ0v) is 10.0. The molecule has 0 aliphatic rings. The van der Waals surface area contributed by atoms with Gasteiger partial charge in [0.05, 0.1) is 5.92 Å². The second kappa shape index (κ2) is 6.31. The van der Waals surface area contributed by atoms with Gasteiger partial charge >= 0.3 is 5.97 Å². The highest BCUT2D eigenvalue weighted by Gasteiger charge is 2.18. The van der Waals surface area contributed by atoms with Crippen LogP contribution in [0.25, 0.3) is 0 Å². The van der Waals surface area contributed by atoms with Gasteiger partial charge in [-0.15, -0.1) is 0 Å². The zero-order chi connectivity index (χ0) is 12.0. The van der Waals surface area contributed by atoms with Gasteiger partial charge < -0.3 is 5.11 Å². The Morgan fingerprint density at radius 2 is 1.88 bits per heavy atom. The quantitative estimate of drug-likeness (QED) is 0.798. The number of carbonyl (C=O) groups is 1. The lowest BCUT2D eigenvalue weighted by molar-refractivity contribution is -0.142. The Balaban J connectivity index is 2.47. The van der Waals surface area contributed by atoms with Gasteiger partial charge in [0, 0.05) is 0 Å². The minimum absolute atomic E-state index is 0.208. The molecular formula is C14H20O2. The molecule has 1 aromatic carbocycles. The number of aryl methyl sites for hydroxylation is 1. The highest BCUT2D eigenvalue weighted by Crippen LogP contribution is 2.18. The molecule has 0 saturated carbocycles. The summed E-state index contributed by atoms with van der Waals surface area (Å²) in [6, 6.07) is 10.1. The maximum absolute atomic E-state index is 11.1. The van der Waals surface area contributed by atoms with Gasteiger partial charge in [-0.05, 0) is 30.7 Å². The van der Waals surface area contributed by atoms with Crippen molar-refractivity contribution in [3.63, 3.8) is 0 Å². The fraction of sp³-hybridized carbons (Fsp3) is 0.500. The number of aliphatic carboxylic acids is 1. The van der Waals surface area contributed by atoms with Gasteiger partial charge in [-0.25, -0.2) is 0 Å². The van der Waals surface area contributed by atoms with Crippen LogP contribution in [-0.4, -0.2) is 11.1 Å². The third-order valence-corrected chi connectivity index (χ3v) is 2.73. The molecule has 2 nitrogen and oxygen atoms in total. The van der Waals surface area contributed by atoms with Crippen LogP contribution in [0.4, 0.5) is 0 Å². The third kappa shape index (κ3) is 4.47. The SMILES string of the molecule is CC(C)C[C@H](CCc1ccccc1)C(=O)O. The van der Waals surface area contributed by atoms with Crippen LogP contribution < -0.4 is 0 Å².